The van der Waals surface area contributed by atoms with Crippen LogP contribution in [0.15, 0.2) is 218 Å². The molecule has 0 aliphatic carbocycles. The van der Waals surface area contributed by atoms with Gasteiger partial charge in [-0.15, -0.1) is 0 Å². The molecule has 0 heterocycles. The Morgan fingerprint density at radius 2 is 0.431 bits per heavy atom. The zero-order valence-corrected chi connectivity index (χ0v) is 31.7. The van der Waals surface area contributed by atoms with Gasteiger partial charge in [-0.2, -0.15) is 0 Å². The van der Waals surface area contributed by atoms with Crippen LogP contribution in [0.2, 0.25) is 0 Å². The molecule has 0 saturated heterocycles. The molecule has 9 rings (SSSR count). The van der Waals surface area contributed by atoms with Gasteiger partial charge in [-0.3, -0.25) is 0 Å². The Kier molecular flexibility index (Phi) is 9.85. The monoisotopic (exact) mass is 748 g/mol. The van der Waals surface area contributed by atoms with Crippen LogP contribution in [0.1, 0.15) is 22.6 Å². The Balaban J connectivity index is 1.43. The summed E-state index contributed by atoms with van der Waals surface area (Å²) in [4.78, 5) is 0. The van der Waals surface area contributed by atoms with Crippen LogP contribution in [0, 0.1) is 0 Å². The Morgan fingerprint density at radius 3 is 0.655 bits per heavy atom. The SMILES string of the molecule is Oc1c(-c2ccccc2)cc(-c2ccccc2)cc1C(c1cc(-c2ccccc2)cc(-c2ccccc2)c1O)c1cc(-c2ccccc2)cc(-c2ccccc2)c1O. The first-order chi connectivity index (χ1) is 28.5. The van der Waals surface area contributed by atoms with Crippen molar-refractivity contribution in [2.45, 2.75) is 5.92 Å². The highest BCUT2D eigenvalue weighted by atomic mass is 16.3. The van der Waals surface area contributed by atoms with E-state index in [0.717, 1.165) is 50.1 Å². The number of aromatic hydroxyl groups is 3. The second-order valence-corrected chi connectivity index (χ2v) is 14.5. The minimum atomic E-state index is -0.858. The summed E-state index contributed by atoms with van der Waals surface area (Å²) in [5.41, 5.74) is 11.7. The molecular weight excluding hydrogens is 709 g/mol. The third kappa shape index (κ3) is 7.02. The maximum absolute atomic E-state index is 12.8. The van der Waals surface area contributed by atoms with Crippen LogP contribution in [-0.4, -0.2) is 15.3 Å². The summed E-state index contributed by atoms with van der Waals surface area (Å²) >= 11 is 0. The topological polar surface area (TPSA) is 60.7 Å². The van der Waals surface area contributed by atoms with Crippen LogP contribution in [0.5, 0.6) is 17.2 Å². The zero-order valence-electron chi connectivity index (χ0n) is 31.7. The fourth-order valence-corrected chi connectivity index (χ4v) is 8.04. The molecule has 0 spiro atoms. The highest BCUT2D eigenvalue weighted by molar-refractivity contribution is 5.86. The van der Waals surface area contributed by atoms with E-state index in [-0.39, 0.29) is 17.2 Å². The van der Waals surface area contributed by atoms with E-state index in [2.05, 4.69) is 36.4 Å². The van der Waals surface area contributed by atoms with Gasteiger partial charge in [0.1, 0.15) is 17.2 Å². The number of phenols is 3. The predicted octanol–water partition coefficient (Wildman–Crippen LogP) is 14.0. The minimum Gasteiger partial charge on any atom is -0.507 e. The molecule has 3 N–H and O–H groups in total. The van der Waals surface area contributed by atoms with Crippen molar-refractivity contribution in [1.82, 2.24) is 0 Å². The van der Waals surface area contributed by atoms with Crippen molar-refractivity contribution in [3.05, 3.63) is 235 Å². The lowest BCUT2D eigenvalue weighted by molar-refractivity contribution is 0.453. The highest BCUT2D eigenvalue weighted by Crippen LogP contribution is 2.53. The van der Waals surface area contributed by atoms with E-state index in [1.165, 1.54) is 0 Å². The summed E-state index contributed by atoms with van der Waals surface area (Å²) in [5, 5.41) is 38.3. The van der Waals surface area contributed by atoms with Crippen molar-refractivity contribution in [1.29, 1.82) is 0 Å². The summed E-state index contributed by atoms with van der Waals surface area (Å²) in [5.74, 6) is -0.671. The lowest BCUT2D eigenvalue weighted by Gasteiger charge is -2.27. The lowest BCUT2D eigenvalue weighted by Crippen LogP contribution is -2.08. The maximum atomic E-state index is 12.8. The van der Waals surface area contributed by atoms with Crippen molar-refractivity contribution >= 4 is 0 Å². The molecule has 0 aliphatic heterocycles. The summed E-state index contributed by atoms with van der Waals surface area (Å²) in [6, 6.07) is 72.0. The largest absolute Gasteiger partial charge is 0.507 e. The van der Waals surface area contributed by atoms with E-state index in [1.54, 1.807) is 0 Å². The molecule has 0 amide bonds. The molecule has 9 aromatic carbocycles. The van der Waals surface area contributed by atoms with Crippen LogP contribution in [0.25, 0.3) is 66.8 Å². The van der Waals surface area contributed by atoms with Crippen LogP contribution in [0.4, 0.5) is 0 Å². The third-order valence-electron chi connectivity index (χ3n) is 10.9. The fraction of sp³-hybridized carbons (Fsp3) is 0.0182. The smallest absolute Gasteiger partial charge is 0.127 e. The number of hydrogen-bond donors (Lipinski definition) is 3. The lowest BCUT2D eigenvalue weighted by atomic mass is 9.77. The van der Waals surface area contributed by atoms with Gasteiger partial charge in [0.2, 0.25) is 0 Å². The molecule has 0 atom stereocenters. The van der Waals surface area contributed by atoms with Crippen molar-refractivity contribution in [3.8, 4) is 84.0 Å². The summed E-state index contributed by atoms with van der Waals surface area (Å²) in [6.45, 7) is 0. The van der Waals surface area contributed by atoms with Crippen molar-refractivity contribution in [3.63, 3.8) is 0 Å². The minimum absolute atomic E-state index is 0.0624. The predicted molar refractivity (Wildman–Crippen MR) is 238 cm³/mol. The van der Waals surface area contributed by atoms with E-state index in [4.69, 9.17) is 0 Å². The van der Waals surface area contributed by atoms with Gasteiger partial charge in [-0.25, -0.2) is 0 Å². The van der Waals surface area contributed by atoms with Crippen molar-refractivity contribution in [2.24, 2.45) is 0 Å². The Morgan fingerprint density at radius 1 is 0.224 bits per heavy atom. The molecule has 278 valence electrons. The number of hydrogen-bond acceptors (Lipinski definition) is 3. The normalized spacial score (nSPS) is 11.1. The van der Waals surface area contributed by atoms with E-state index in [0.29, 0.717) is 33.4 Å². The third-order valence-corrected chi connectivity index (χ3v) is 10.9. The highest BCUT2D eigenvalue weighted by Gasteiger charge is 2.31. The van der Waals surface area contributed by atoms with E-state index in [1.807, 2.05) is 182 Å². The van der Waals surface area contributed by atoms with Gasteiger partial charge in [0.25, 0.3) is 0 Å². The molecule has 9 aromatic rings. The van der Waals surface area contributed by atoms with Crippen LogP contribution in [-0.2, 0) is 0 Å². The maximum Gasteiger partial charge on any atom is 0.127 e. The molecule has 0 saturated carbocycles. The number of phenolic OH excluding ortho intramolecular Hbond substituents is 3. The molecule has 0 fully saturated rings. The van der Waals surface area contributed by atoms with Crippen molar-refractivity contribution < 1.29 is 15.3 Å². The molecule has 3 heteroatoms. The molecule has 58 heavy (non-hydrogen) atoms. The molecule has 0 aromatic heterocycles. The quantitative estimate of drug-likeness (QED) is 0.129. The first kappa shape index (κ1) is 36.0. The zero-order chi connectivity index (χ0) is 39.4. The van der Waals surface area contributed by atoms with E-state index in [9.17, 15) is 15.3 Å². The van der Waals surface area contributed by atoms with Gasteiger partial charge in [0.05, 0.1) is 0 Å². The van der Waals surface area contributed by atoms with E-state index >= 15 is 0 Å². The van der Waals surface area contributed by atoms with Gasteiger partial charge in [-0.1, -0.05) is 182 Å². The molecule has 0 bridgehead atoms. The molecule has 0 unspecified atom stereocenters. The average molecular weight is 749 g/mol. The second-order valence-electron chi connectivity index (χ2n) is 14.5. The standard InChI is InChI=1S/C55H40O3/c56-53-46(40-25-13-4-14-26-40)31-43(37-19-7-1-8-20-37)34-49(53)52(50-35-44(38-21-9-2-10-22-38)32-47(54(50)57)41-27-15-5-16-28-41)51-36-45(39-23-11-3-12-24-39)33-48(55(51)58)42-29-17-6-18-30-42/h1-36,52,56-58H. The number of rotatable bonds is 9. The summed E-state index contributed by atoms with van der Waals surface area (Å²) < 4.78 is 0. The number of benzene rings is 9. The molecule has 0 aliphatic rings. The first-order valence-electron chi connectivity index (χ1n) is 19.5. The molecule has 0 radical (unpaired) electrons. The van der Waals surface area contributed by atoms with Gasteiger partial charge in [-0.05, 0) is 86.5 Å². The van der Waals surface area contributed by atoms with Gasteiger partial charge >= 0.3 is 0 Å². The summed E-state index contributed by atoms with van der Waals surface area (Å²) in [6.07, 6.45) is 0. The Hall–Kier alpha value is -7.62. The van der Waals surface area contributed by atoms with Crippen molar-refractivity contribution in [2.75, 3.05) is 0 Å². The van der Waals surface area contributed by atoms with Crippen LogP contribution >= 0.6 is 0 Å². The Labute approximate surface area is 339 Å². The van der Waals surface area contributed by atoms with Crippen LogP contribution < -0.4 is 0 Å². The fourth-order valence-electron chi connectivity index (χ4n) is 8.04. The van der Waals surface area contributed by atoms with Gasteiger partial charge in [0.15, 0.2) is 0 Å². The van der Waals surface area contributed by atoms with Gasteiger partial charge in [0, 0.05) is 39.3 Å². The first-order valence-corrected chi connectivity index (χ1v) is 19.5. The second kappa shape index (κ2) is 15.9. The van der Waals surface area contributed by atoms with Gasteiger partial charge < -0.3 is 15.3 Å². The molecular formula is C55H40O3. The molecule has 3 nitrogen and oxygen atoms in total. The van der Waals surface area contributed by atoms with Crippen LogP contribution in [0.3, 0.4) is 0 Å². The summed E-state index contributed by atoms with van der Waals surface area (Å²) in [7, 11) is 0. The van der Waals surface area contributed by atoms with E-state index < -0.39 is 5.92 Å². The Bertz CT molecular complexity index is 2510. The average Bonchev–Trinajstić information content (AvgIpc) is 3.29.